The number of nitrogens with one attached hydrogen (secondary N) is 1. The molecule has 0 saturated carbocycles. The molecule has 1 N–H and O–H groups in total. The predicted octanol–water partition coefficient (Wildman–Crippen LogP) is 2.83. The van der Waals surface area contributed by atoms with E-state index in [2.05, 4.69) is 9.88 Å². The molecule has 6 nitrogen and oxygen atoms in total. The first-order valence-corrected chi connectivity index (χ1v) is 11.3. The summed E-state index contributed by atoms with van der Waals surface area (Å²) in [5.41, 5.74) is 1.65. The Bertz CT molecular complexity index is 1130. The Kier molecular flexibility index (Phi) is 4.53. The molecule has 2 fully saturated rings. The summed E-state index contributed by atoms with van der Waals surface area (Å²) >= 11 is 0. The SMILES string of the molecule is O=S(=O)(c1ccccc1)c1c[nH+]c2ccccc2c1N1CCC2(CC1)OCCO2. The van der Waals surface area contributed by atoms with E-state index in [4.69, 9.17) is 9.47 Å². The Morgan fingerprint density at radius 3 is 2.28 bits per heavy atom. The first-order valence-electron chi connectivity index (χ1n) is 9.86. The van der Waals surface area contributed by atoms with Crippen molar-refractivity contribution in [1.29, 1.82) is 0 Å². The van der Waals surface area contributed by atoms with Crippen LogP contribution in [0.3, 0.4) is 0 Å². The standard InChI is InChI=1S/C22H22N2O4S/c25-29(26,17-6-2-1-3-7-17)20-16-23-19-9-5-4-8-18(19)21(20)24-12-10-22(11-13-24)27-14-15-28-22/h1-9,16H,10-15H2/p+1. The van der Waals surface area contributed by atoms with Gasteiger partial charge in [0.2, 0.25) is 15.4 Å². The Morgan fingerprint density at radius 2 is 1.55 bits per heavy atom. The van der Waals surface area contributed by atoms with Crippen LogP contribution in [-0.4, -0.2) is 40.5 Å². The number of ether oxygens (including phenoxy) is 2. The van der Waals surface area contributed by atoms with Gasteiger partial charge in [-0.3, -0.25) is 0 Å². The summed E-state index contributed by atoms with van der Waals surface area (Å²) in [4.78, 5) is 5.91. The normalized spacial score (nSPS) is 19.1. The van der Waals surface area contributed by atoms with E-state index in [0.717, 1.165) is 16.6 Å². The average molecular weight is 412 g/mol. The van der Waals surface area contributed by atoms with E-state index in [0.29, 0.717) is 48.9 Å². The van der Waals surface area contributed by atoms with Crippen molar-refractivity contribution in [3.05, 3.63) is 60.8 Å². The number of aromatic nitrogens is 1. The average Bonchev–Trinajstić information content (AvgIpc) is 3.22. The van der Waals surface area contributed by atoms with Crippen molar-refractivity contribution in [3.63, 3.8) is 0 Å². The minimum Gasteiger partial charge on any atom is -0.369 e. The Labute approximate surface area is 170 Å². The van der Waals surface area contributed by atoms with Gasteiger partial charge in [0.25, 0.3) is 0 Å². The first kappa shape index (κ1) is 18.5. The Balaban J connectivity index is 1.62. The van der Waals surface area contributed by atoms with Gasteiger partial charge < -0.3 is 14.4 Å². The van der Waals surface area contributed by atoms with Crippen molar-refractivity contribution >= 4 is 26.4 Å². The summed E-state index contributed by atoms with van der Waals surface area (Å²) in [6.45, 7) is 2.59. The third kappa shape index (κ3) is 3.19. The van der Waals surface area contributed by atoms with Crippen LogP contribution in [0.1, 0.15) is 12.8 Å². The van der Waals surface area contributed by atoms with Crippen molar-refractivity contribution in [2.75, 3.05) is 31.2 Å². The first-order chi connectivity index (χ1) is 14.1. The van der Waals surface area contributed by atoms with Crippen LogP contribution in [0.5, 0.6) is 0 Å². The fraction of sp³-hybridized carbons (Fsp3) is 0.318. The largest absolute Gasteiger partial charge is 0.369 e. The highest BCUT2D eigenvalue weighted by Gasteiger charge is 2.41. The third-order valence-corrected chi connectivity index (χ3v) is 7.56. The minimum absolute atomic E-state index is 0.292. The molecular formula is C22H23N2O4S+. The molecule has 0 amide bonds. The molecule has 3 aromatic rings. The molecule has 5 rings (SSSR count). The van der Waals surface area contributed by atoms with Gasteiger partial charge in [-0.1, -0.05) is 30.3 Å². The van der Waals surface area contributed by atoms with Crippen LogP contribution < -0.4 is 9.88 Å². The highest BCUT2D eigenvalue weighted by atomic mass is 32.2. The number of anilines is 1. The number of fused-ring (bicyclic) bond motifs is 1. The summed E-state index contributed by atoms with van der Waals surface area (Å²) in [6, 6.07) is 16.4. The lowest BCUT2D eigenvalue weighted by atomic mass is 10.0. The Morgan fingerprint density at radius 1 is 0.897 bits per heavy atom. The summed E-state index contributed by atoms with van der Waals surface area (Å²) in [5, 5.41) is 0.897. The molecule has 2 aliphatic rings. The van der Waals surface area contributed by atoms with E-state index in [1.54, 1.807) is 30.5 Å². The molecule has 1 spiro atoms. The molecular weight excluding hydrogens is 388 g/mol. The van der Waals surface area contributed by atoms with E-state index in [1.807, 2.05) is 30.3 Å². The Hall–Kier alpha value is -2.48. The van der Waals surface area contributed by atoms with Gasteiger partial charge in [0.1, 0.15) is 0 Å². The van der Waals surface area contributed by atoms with Crippen molar-refractivity contribution in [1.82, 2.24) is 0 Å². The number of rotatable bonds is 3. The zero-order valence-electron chi connectivity index (χ0n) is 16.0. The number of piperidine rings is 1. The van der Waals surface area contributed by atoms with E-state index >= 15 is 0 Å². The number of benzene rings is 2. The number of hydrogen-bond acceptors (Lipinski definition) is 5. The monoisotopic (exact) mass is 411 g/mol. The number of para-hydroxylation sites is 1. The fourth-order valence-corrected chi connectivity index (χ4v) is 5.75. The lowest BCUT2D eigenvalue weighted by Gasteiger charge is -2.39. The second-order valence-corrected chi connectivity index (χ2v) is 9.38. The molecule has 2 aliphatic heterocycles. The van der Waals surface area contributed by atoms with Gasteiger partial charge in [-0.15, -0.1) is 0 Å². The van der Waals surface area contributed by atoms with Crippen molar-refractivity contribution in [2.45, 2.75) is 28.4 Å². The van der Waals surface area contributed by atoms with Gasteiger partial charge >= 0.3 is 0 Å². The number of pyridine rings is 1. The van der Waals surface area contributed by atoms with Gasteiger partial charge in [-0.25, -0.2) is 13.4 Å². The summed E-state index contributed by atoms with van der Waals surface area (Å²) in [7, 11) is -3.67. The number of H-pyrrole nitrogens is 1. The van der Waals surface area contributed by atoms with Crippen molar-refractivity contribution in [3.8, 4) is 0 Å². The summed E-state index contributed by atoms with van der Waals surface area (Å²) in [5.74, 6) is -0.508. The van der Waals surface area contributed by atoms with Crippen LogP contribution in [-0.2, 0) is 19.3 Å². The highest BCUT2D eigenvalue weighted by Crippen LogP contribution is 2.39. The van der Waals surface area contributed by atoms with E-state index in [-0.39, 0.29) is 0 Å². The topological polar surface area (TPSA) is 70.0 Å². The molecule has 0 atom stereocenters. The lowest BCUT2D eigenvalue weighted by molar-refractivity contribution is -0.347. The summed E-state index contributed by atoms with van der Waals surface area (Å²) < 4.78 is 38.7. The molecule has 29 heavy (non-hydrogen) atoms. The number of aromatic amines is 1. The van der Waals surface area contributed by atoms with Crippen LogP contribution in [0.2, 0.25) is 0 Å². The van der Waals surface area contributed by atoms with E-state index in [1.165, 1.54) is 0 Å². The molecule has 1 aromatic heterocycles. The van der Waals surface area contributed by atoms with Crippen LogP contribution in [0.15, 0.2) is 70.6 Å². The van der Waals surface area contributed by atoms with Gasteiger partial charge in [0, 0.05) is 32.0 Å². The number of sulfone groups is 1. The molecule has 0 aliphatic carbocycles. The fourth-order valence-electron chi connectivity index (χ4n) is 4.27. The zero-order valence-corrected chi connectivity index (χ0v) is 16.8. The van der Waals surface area contributed by atoms with Gasteiger partial charge in [0.05, 0.1) is 29.2 Å². The van der Waals surface area contributed by atoms with Crippen molar-refractivity contribution < 1.29 is 22.9 Å². The van der Waals surface area contributed by atoms with Crippen LogP contribution >= 0.6 is 0 Å². The quantitative estimate of drug-likeness (QED) is 0.663. The molecule has 2 aromatic carbocycles. The molecule has 2 saturated heterocycles. The maximum atomic E-state index is 13.5. The van der Waals surface area contributed by atoms with Crippen LogP contribution in [0.4, 0.5) is 5.69 Å². The molecule has 3 heterocycles. The van der Waals surface area contributed by atoms with Crippen molar-refractivity contribution in [2.24, 2.45) is 0 Å². The number of nitrogens with zero attached hydrogens (tertiary/aromatic N) is 1. The maximum Gasteiger partial charge on any atom is 0.214 e. The van der Waals surface area contributed by atoms with Gasteiger partial charge in [-0.2, -0.15) is 0 Å². The molecule has 150 valence electrons. The molecule has 7 heteroatoms. The van der Waals surface area contributed by atoms with Crippen LogP contribution in [0.25, 0.3) is 10.9 Å². The molecule has 0 bridgehead atoms. The highest BCUT2D eigenvalue weighted by molar-refractivity contribution is 7.91. The van der Waals surface area contributed by atoms with Gasteiger partial charge in [0.15, 0.2) is 16.9 Å². The van der Waals surface area contributed by atoms with Gasteiger partial charge in [-0.05, 0) is 18.2 Å². The predicted molar refractivity (Wildman–Crippen MR) is 108 cm³/mol. The second-order valence-electron chi connectivity index (χ2n) is 7.46. The molecule has 0 radical (unpaired) electrons. The molecule has 0 unspecified atom stereocenters. The smallest absolute Gasteiger partial charge is 0.214 e. The van der Waals surface area contributed by atoms with E-state index in [9.17, 15) is 8.42 Å². The zero-order chi connectivity index (χ0) is 19.9. The van der Waals surface area contributed by atoms with Crippen LogP contribution in [0, 0.1) is 0 Å². The second kappa shape index (κ2) is 7.09. The summed E-state index contributed by atoms with van der Waals surface area (Å²) in [6.07, 6.45) is 3.04. The third-order valence-electron chi connectivity index (χ3n) is 5.77. The van der Waals surface area contributed by atoms with E-state index < -0.39 is 15.6 Å². The lowest BCUT2D eigenvalue weighted by Crippen LogP contribution is -2.45. The maximum absolute atomic E-state index is 13.5. The number of hydrogen-bond donors (Lipinski definition) is 0. The minimum atomic E-state index is -3.67.